The molecule has 0 radical (unpaired) electrons. The van der Waals surface area contributed by atoms with Crippen molar-refractivity contribution < 1.29 is 19.1 Å². The molecule has 0 saturated carbocycles. The van der Waals surface area contributed by atoms with E-state index in [-0.39, 0.29) is 12.5 Å². The number of carbonyl (C=O) groups is 2. The summed E-state index contributed by atoms with van der Waals surface area (Å²) >= 11 is 0. The third-order valence-corrected chi connectivity index (χ3v) is 5.37. The third kappa shape index (κ3) is 5.06. The van der Waals surface area contributed by atoms with Crippen molar-refractivity contribution in [1.82, 2.24) is 29.3 Å². The van der Waals surface area contributed by atoms with Crippen LogP contribution in [0.15, 0.2) is 49.1 Å². The van der Waals surface area contributed by atoms with Crippen molar-refractivity contribution in [2.24, 2.45) is 0 Å². The highest BCUT2D eigenvalue weighted by Gasteiger charge is 2.22. The standard InChI is InChI=1S/C23H26N8O4/c1-29(9-10-34-2)20(32)14-30-13-18(21(28-30)16-11-15(24)5-6-19(16)35-3)27-23(33)17-12-26-31-8-4-7-25-22(17)31/h4-8,11-13H,9-10,14,24H2,1-3H3,(H,27,33). The number of likely N-dealkylation sites (N-methyl/N-ethyl adjacent to an activating group) is 1. The maximum absolute atomic E-state index is 13.2. The van der Waals surface area contributed by atoms with Crippen LogP contribution in [0.2, 0.25) is 0 Å². The molecule has 0 spiro atoms. The van der Waals surface area contributed by atoms with E-state index in [1.165, 1.54) is 22.5 Å². The molecule has 182 valence electrons. The number of nitrogens with two attached hydrogens (primary N) is 1. The van der Waals surface area contributed by atoms with Gasteiger partial charge < -0.3 is 25.4 Å². The zero-order chi connectivity index (χ0) is 24.9. The Morgan fingerprint density at radius 3 is 2.86 bits per heavy atom. The van der Waals surface area contributed by atoms with E-state index in [2.05, 4.69) is 20.5 Å². The van der Waals surface area contributed by atoms with Crippen LogP contribution in [-0.4, -0.2) is 75.5 Å². The van der Waals surface area contributed by atoms with Crippen molar-refractivity contribution in [2.75, 3.05) is 45.5 Å². The summed E-state index contributed by atoms with van der Waals surface area (Å²) in [6.45, 7) is 0.825. The summed E-state index contributed by atoms with van der Waals surface area (Å²) in [5.41, 5.74) is 8.56. The van der Waals surface area contributed by atoms with Crippen molar-refractivity contribution >= 4 is 28.8 Å². The molecular weight excluding hydrogens is 452 g/mol. The molecule has 0 bridgehead atoms. The van der Waals surface area contributed by atoms with Crippen molar-refractivity contribution in [3.8, 4) is 17.0 Å². The van der Waals surface area contributed by atoms with Crippen molar-refractivity contribution in [1.29, 1.82) is 0 Å². The SMILES string of the molecule is COCCN(C)C(=O)Cn1cc(NC(=O)c2cnn3cccnc23)c(-c2cc(N)ccc2OC)n1. The zero-order valence-electron chi connectivity index (χ0n) is 19.6. The predicted octanol–water partition coefficient (Wildman–Crippen LogP) is 1.54. The van der Waals surface area contributed by atoms with E-state index < -0.39 is 5.91 Å². The largest absolute Gasteiger partial charge is 0.496 e. The molecule has 1 aromatic carbocycles. The second-order valence-electron chi connectivity index (χ2n) is 7.76. The zero-order valence-corrected chi connectivity index (χ0v) is 19.6. The van der Waals surface area contributed by atoms with Gasteiger partial charge in [0, 0.05) is 50.5 Å². The normalized spacial score (nSPS) is 10.9. The minimum Gasteiger partial charge on any atom is -0.496 e. The van der Waals surface area contributed by atoms with Crippen LogP contribution in [-0.2, 0) is 16.1 Å². The number of nitrogens with zero attached hydrogens (tertiary/aromatic N) is 6. The second kappa shape index (κ2) is 10.2. The fourth-order valence-electron chi connectivity index (χ4n) is 3.49. The van der Waals surface area contributed by atoms with Crippen molar-refractivity contribution in [2.45, 2.75) is 6.54 Å². The van der Waals surface area contributed by atoms with E-state index in [9.17, 15) is 9.59 Å². The van der Waals surface area contributed by atoms with Crippen LogP contribution in [0.5, 0.6) is 5.75 Å². The molecule has 4 aromatic rings. The number of hydrogen-bond donors (Lipinski definition) is 2. The number of carbonyl (C=O) groups excluding carboxylic acids is 2. The van der Waals surface area contributed by atoms with Gasteiger partial charge in [-0.05, 0) is 24.3 Å². The number of benzene rings is 1. The van der Waals surface area contributed by atoms with E-state index in [0.29, 0.717) is 52.7 Å². The van der Waals surface area contributed by atoms with E-state index in [0.717, 1.165) is 0 Å². The Hall–Kier alpha value is -4.45. The number of nitrogen functional groups attached to an aromatic ring is 1. The minimum atomic E-state index is -0.425. The Labute approximate surface area is 201 Å². The maximum Gasteiger partial charge on any atom is 0.261 e. The van der Waals surface area contributed by atoms with Crippen molar-refractivity contribution in [3.05, 3.63) is 54.6 Å². The van der Waals surface area contributed by atoms with Crippen LogP contribution in [0.25, 0.3) is 16.9 Å². The van der Waals surface area contributed by atoms with Gasteiger partial charge in [-0.1, -0.05) is 0 Å². The minimum absolute atomic E-state index is 0.0357. The van der Waals surface area contributed by atoms with Gasteiger partial charge in [0.15, 0.2) is 5.65 Å². The van der Waals surface area contributed by atoms with Gasteiger partial charge in [0.05, 0.1) is 25.6 Å². The Balaban J connectivity index is 1.70. The van der Waals surface area contributed by atoms with Crippen LogP contribution >= 0.6 is 0 Å². The van der Waals surface area contributed by atoms with Crippen molar-refractivity contribution in [3.63, 3.8) is 0 Å². The molecule has 0 aliphatic rings. The summed E-state index contributed by atoms with van der Waals surface area (Å²) in [6, 6.07) is 6.84. The lowest BCUT2D eigenvalue weighted by Crippen LogP contribution is -2.32. The molecule has 0 saturated heterocycles. The van der Waals surface area contributed by atoms with E-state index in [1.807, 2.05) is 0 Å². The highest BCUT2D eigenvalue weighted by Crippen LogP contribution is 2.35. The first-order chi connectivity index (χ1) is 16.9. The quantitative estimate of drug-likeness (QED) is 0.345. The van der Waals surface area contributed by atoms with Crippen LogP contribution in [0.4, 0.5) is 11.4 Å². The van der Waals surface area contributed by atoms with Gasteiger partial charge in [-0.25, -0.2) is 9.50 Å². The first-order valence-corrected chi connectivity index (χ1v) is 10.7. The maximum atomic E-state index is 13.2. The summed E-state index contributed by atoms with van der Waals surface area (Å²) < 4.78 is 13.5. The highest BCUT2D eigenvalue weighted by atomic mass is 16.5. The number of anilines is 2. The summed E-state index contributed by atoms with van der Waals surface area (Å²) in [4.78, 5) is 31.6. The number of methoxy groups -OCH3 is 2. The number of amides is 2. The average Bonchev–Trinajstić information content (AvgIpc) is 3.46. The molecule has 35 heavy (non-hydrogen) atoms. The first kappa shape index (κ1) is 23.7. The second-order valence-corrected chi connectivity index (χ2v) is 7.76. The Morgan fingerprint density at radius 1 is 1.26 bits per heavy atom. The fraction of sp³-hybridized carbons (Fsp3) is 0.261. The molecule has 0 atom stereocenters. The van der Waals surface area contributed by atoms with Crippen LogP contribution in [0.1, 0.15) is 10.4 Å². The molecule has 12 heteroatoms. The predicted molar refractivity (Wildman–Crippen MR) is 129 cm³/mol. The lowest BCUT2D eigenvalue weighted by molar-refractivity contribution is -0.131. The van der Waals surface area contributed by atoms with E-state index >= 15 is 0 Å². The smallest absolute Gasteiger partial charge is 0.261 e. The summed E-state index contributed by atoms with van der Waals surface area (Å²) in [5, 5.41) is 11.6. The number of nitrogens with one attached hydrogen (secondary N) is 1. The van der Waals surface area contributed by atoms with Gasteiger partial charge >= 0.3 is 0 Å². The number of ether oxygens (including phenoxy) is 2. The van der Waals surface area contributed by atoms with Gasteiger partial charge in [0.25, 0.3) is 5.91 Å². The molecule has 2 amide bonds. The molecule has 3 aromatic heterocycles. The Morgan fingerprint density at radius 2 is 2.09 bits per heavy atom. The van der Waals surface area contributed by atoms with Crippen LogP contribution in [0, 0.1) is 0 Å². The molecule has 12 nitrogen and oxygen atoms in total. The molecule has 3 heterocycles. The summed E-state index contributed by atoms with van der Waals surface area (Å²) in [6.07, 6.45) is 6.32. The monoisotopic (exact) mass is 478 g/mol. The van der Waals surface area contributed by atoms with E-state index in [1.54, 1.807) is 61.9 Å². The lowest BCUT2D eigenvalue weighted by atomic mass is 10.1. The van der Waals surface area contributed by atoms with Gasteiger partial charge in [0.2, 0.25) is 5.91 Å². The van der Waals surface area contributed by atoms with Crippen LogP contribution < -0.4 is 15.8 Å². The Bertz CT molecular complexity index is 1360. The number of hydrogen-bond acceptors (Lipinski definition) is 8. The van der Waals surface area contributed by atoms with Gasteiger partial charge in [-0.2, -0.15) is 10.2 Å². The fourth-order valence-corrected chi connectivity index (χ4v) is 3.49. The first-order valence-electron chi connectivity index (χ1n) is 10.7. The summed E-state index contributed by atoms with van der Waals surface area (Å²) in [5.74, 6) is -0.0765. The van der Waals surface area contributed by atoms with Crippen LogP contribution in [0.3, 0.4) is 0 Å². The summed E-state index contributed by atoms with van der Waals surface area (Å²) in [7, 11) is 4.79. The number of aromatic nitrogens is 5. The highest BCUT2D eigenvalue weighted by molar-refractivity contribution is 6.09. The third-order valence-electron chi connectivity index (χ3n) is 5.37. The van der Waals surface area contributed by atoms with Gasteiger partial charge in [-0.3, -0.25) is 14.3 Å². The topological polar surface area (TPSA) is 142 Å². The molecule has 4 rings (SSSR count). The lowest BCUT2D eigenvalue weighted by Gasteiger charge is -2.16. The molecular formula is C23H26N8O4. The molecule has 3 N–H and O–H groups in total. The van der Waals surface area contributed by atoms with Gasteiger partial charge in [-0.15, -0.1) is 0 Å². The number of fused-ring (bicyclic) bond motifs is 1. The molecule has 0 aliphatic carbocycles. The average molecular weight is 479 g/mol. The number of rotatable bonds is 9. The van der Waals surface area contributed by atoms with E-state index in [4.69, 9.17) is 15.2 Å². The molecule has 0 unspecified atom stereocenters. The molecule has 0 aliphatic heterocycles. The Kier molecular flexibility index (Phi) is 6.92. The molecule has 0 fully saturated rings. The van der Waals surface area contributed by atoms with Gasteiger partial charge in [0.1, 0.15) is 23.6 Å².